The molecule has 3 aliphatic rings. The van der Waals surface area contributed by atoms with Crippen LogP contribution in [0.3, 0.4) is 0 Å². The van der Waals surface area contributed by atoms with Crippen molar-refractivity contribution in [1.29, 1.82) is 0 Å². The summed E-state index contributed by atoms with van der Waals surface area (Å²) in [4.78, 5) is 12.0. The highest BCUT2D eigenvalue weighted by Crippen LogP contribution is 2.57. The fourth-order valence-electron chi connectivity index (χ4n) is 5.00. The average molecular weight is 262 g/mol. The van der Waals surface area contributed by atoms with Crippen LogP contribution in [0.4, 0.5) is 0 Å². The summed E-state index contributed by atoms with van der Waals surface area (Å²) in [6, 6.07) is 0. The molecule has 2 heteroatoms. The van der Waals surface area contributed by atoms with Crippen LogP contribution in [0, 0.1) is 23.7 Å². The van der Waals surface area contributed by atoms with Gasteiger partial charge in [-0.2, -0.15) is 0 Å². The SMILES string of the molecule is C=C(C)C(=O)OC1(CC)CC2CCC3CC2CC1C3. The first kappa shape index (κ1) is 13.2. The van der Waals surface area contributed by atoms with Gasteiger partial charge in [0.15, 0.2) is 0 Å². The molecule has 19 heavy (non-hydrogen) atoms. The number of ether oxygens (including phenoxy) is 1. The topological polar surface area (TPSA) is 26.3 Å². The minimum absolute atomic E-state index is 0.179. The summed E-state index contributed by atoms with van der Waals surface area (Å²) in [6.07, 6.45) is 8.84. The number of esters is 1. The molecule has 0 aromatic rings. The molecule has 0 spiro atoms. The average Bonchev–Trinajstić information content (AvgIpc) is 2.39. The highest BCUT2D eigenvalue weighted by molar-refractivity contribution is 5.87. The summed E-state index contributed by atoms with van der Waals surface area (Å²) < 4.78 is 5.99. The van der Waals surface area contributed by atoms with Crippen molar-refractivity contribution in [2.75, 3.05) is 0 Å². The molecule has 0 aromatic carbocycles. The van der Waals surface area contributed by atoms with Crippen molar-refractivity contribution in [3.63, 3.8) is 0 Å². The third-order valence-electron chi connectivity index (χ3n) is 6.05. The van der Waals surface area contributed by atoms with Crippen LogP contribution in [0.1, 0.15) is 58.8 Å². The van der Waals surface area contributed by atoms with Gasteiger partial charge in [0.05, 0.1) is 0 Å². The van der Waals surface area contributed by atoms with Gasteiger partial charge in [-0.1, -0.05) is 19.9 Å². The second kappa shape index (κ2) is 4.64. The van der Waals surface area contributed by atoms with E-state index in [1.807, 2.05) is 0 Å². The molecule has 3 saturated carbocycles. The lowest BCUT2D eigenvalue weighted by Crippen LogP contribution is -2.54. The fraction of sp³-hybridized carbons (Fsp3) is 0.824. The Balaban J connectivity index is 1.85. The van der Waals surface area contributed by atoms with E-state index in [1.165, 1.54) is 32.1 Å². The lowest BCUT2D eigenvalue weighted by molar-refractivity contribution is -0.185. The Hall–Kier alpha value is -0.790. The van der Waals surface area contributed by atoms with Gasteiger partial charge >= 0.3 is 5.97 Å². The zero-order chi connectivity index (χ0) is 13.6. The van der Waals surface area contributed by atoms with E-state index in [1.54, 1.807) is 6.92 Å². The predicted molar refractivity (Wildman–Crippen MR) is 75.6 cm³/mol. The second-order valence-corrected chi connectivity index (χ2v) is 7.16. The predicted octanol–water partition coefficient (Wildman–Crippen LogP) is 4.10. The van der Waals surface area contributed by atoms with Crippen molar-refractivity contribution < 1.29 is 9.53 Å². The van der Waals surface area contributed by atoms with Crippen LogP contribution in [0.25, 0.3) is 0 Å². The van der Waals surface area contributed by atoms with Crippen molar-refractivity contribution >= 4 is 5.97 Å². The first-order valence-corrected chi connectivity index (χ1v) is 7.93. The van der Waals surface area contributed by atoms with Crippen LogP contribution in [0.2, 0.25) is 0 Å². The number of carbonyl (C=O) groups is 1. The largest absolute Gasteiger partial charge is 0.455 e. The highest BCUT2D eigenvalue weighted by Gasteiger charge is 2.54. The van der Waals surface area contributed by atoms with Gasteiger partial charge in [-0.3, -0.25) is 0 Å². The van der Waals surface area contributed by atoms with E-state index < -0.39 is 0 Å². The maximum atomic E-state index is 12.0. The van der Waals surface area contributed by atoms with Gasteiger partial charge in [-0.05, 0) is 69.1 Å². The Morgan fingerprint density at radius 2 is 2.05 bits per heavy atom. The highest BCUT2D eigenvalue weighted by atomic mass is 16.6. The van der Waals surface area contributed by atoms with Crippen molar-refractivity contribution in [3.05, 3.63) is 12.2 Å². The van der Waals surface area contributed by atoms with E-state index in [0.29, 0.717) is 11.5 Å². The van der Waals surface area contributed by atoms with Gasteiger partial charge in [0, 0.05) is 5.57 Å². The Kier molecular flexibility index (Phi) is 3.23. The van der Waals surface area contributed by atoms with Gasteiger partial charge in [0.2, 0.25) is 0 Å². The van der Waals surface area contributed by atoms with E-state index in [4.69, 9.17) is 4.74 Å². The van der Waals surface area contributed by atoms with E-state index in [2.05, 4.69) is 13.5 Å². The smallest absolute Gasteiger partial charge is 0.333 e. The molecular weight excluding hydrogens is 236 g/mol. The lowest BCUT2D eigenvalue weighted by atomic mass is 9.52. The van der Waals surface area contributed by atoms with Gasteiger partial charge in [-0.15, -0.1) is 0 Å². The molecule has 0 heterocycles. The van der Waals surface area contributed by atoms with Crippen molar-refractivity contribution in [2.24, 2.45) is 23.7 Å². The molecule has 5 unspecified atom stereocenters. The molecule has 0 aliphatic heterocycles. The van der Waals surface area contributed by atoms with Crippen LogP contribution < -0.4 is 0 Å². The molecular formula is C17H26O2. The summed E-state index contributed by atoms with van der Waals surface area (Å²) in [5.74, 6) is 3.03. The summed E-state index contributed by atoms with van der Waals surface area (Å²) in [6.45, 7) is 7.68. The quantitative estimate of drug-likeness (QED) is 0.565. The molecule has 2 nitrogen and oxygen atoms in total. The van der Waals surface area contributed by atoms with Gasteiger partial charge in [-0.25, -0.2) is 4.79 Å². The molecule has 0 radical (unpaired) electrons. The maximum absolute atomic E-state index is 12.0. The zero-order valence-electron chi connectivity index (χ0n) is 12.3. The first-order valence-electron chi connectivity index (χ1n) is 7.93. The van der Waals surface area contributed by atoms with Crippen molar-refractivity contribution in [1.82, 2.24) is 0 Å². The second-order valence-electron chi connectivity index (χ2n) is 7.16. The minimum Gasteiger partial charge on any atom is -0.455 e. The third-order valence-corrected chi connectivity index (χ3v) is 6.05. The Bertz CT molecular complexity index is 398. The number of hydrogen-bond acceptors (Lipinski definition) is 2. The van der Waals surface area contributed by atoms with E-state index in [9.17, 15) is 4.79 Å². The molecule has 3 fully saturated rings. The summed E-state index contributed by atoms with van der Waals surface area (Å²) in [7, 11) is 0. The van der Waals surface area contributed by atoms with Crippen molar-refractivity contribution in [2.45, 2.75) is 64.4 Å². The fourth-order valence-corrected chi connectivity index (χ4v) is 5.00. The standard InChI is InChI=1S/C17H26O2/c1-4-17(19-16(18)11(2)3)10-13-6-5-12-7-14(13)9-15(17)8-12/h12-15H,2,4-10H2,1,3H3. The molecule has 3 aliphatic carbocycles. The van der Waals surface area contributed by atoms with Crippen LogP contribution >= 0.6 is 0 Å². The number of hydrogen-bond donors (Lipinski definition) is 0. The Morgan fingerprint density at radius 1 is 1.26 bits per heavy atom. The molecule has 0 aromatic heterocycles. The van der Waals surface area contributed by atoms with E-state index in [0.717, 1.165) is 30.6 Å². The normalized spacial score (nSPS) is 43.9. The Morgan fingerprint density at radius 3 is 2.74 bits per heavy atom. The summed E-state index contributed by atoms with van der Waals surface area (Å²) >= 11 is 0. The van der Waals surface area contributed by atoms with Crippen LogP contribution in [0.15, 0.2) is 12.2 Å². The van der Waals surface area contributed by atoms with E-state index in [-0.39, 0.29) is 11.6 Å². The molecule has 5 atom stereocenters. The molecule has 0 amide bonds. The van der Waals surface area contributed by atoms with Crippen molar-refractivity contribution in [3.8, 4) is 0 Å². The molecule has 0 saturated heterocycles. The molecule has 3 rings (SSSR count). The summed E-state index contributed by atoms with van der Waals surface area (Å²) in [5, 5.41) is 0. The number of fused-ring (bicyclic) bond motifs is 2. The van der Waals surface area contributed by atoms with E-state index >= 15 is 0 Å². The minimum atomic E-state index is -0.184. The van der Waals surface area contributed by atoms with Crippen LogP contribution in [-0.2, 0) is 9.53 Å². The van der Waals surface area contributed by atoms with Gasteiger partial charge < -0.3 is 4.74 Å². The van der Waals surface area contributed by atoms with Gasteiger partial charge in [0.1, 0.15) is 5.60 Å². The number of rotatable bonds is 3. The molecule has 3 bridgehead atoms. The lowest BCUT2D eigenvalue weighted by Gasteiger charge is -2.56. The van der Waals surface area contributed by atoms with Gasteiger partial charge in [0.25, 0.3) is 0 Å². The zero-order valence-corrected chi connectivity index (χ0v) is 12.3. The monoisotopic (exact) mass is 262 g/mol. The molecule has 106 valence electrons. The first-order chi connectivity index (χ1) is 9.04. The Labute approximate surface area is 116 Å². The van der Waals surface area contributed by atoms with Crippen LogP contribution in [-0.4, -0.2) is 11.6 Å². The van der Waals surface area contributed by atoms with Crippen LogP contribution in [0.5, 0.6) is 0 Å². The third kappa shape index (κ3) is 2.13. The number of carbonyl (C=O) groups excluding carboxylic acids is 1. The maximum Gasteiger partial charge on any atom is 0.333 e. The molecule has 0 N–H and O–H groups in total. The summed E-state index contributed by atoms with van der Waals surface area (Å²) in [5.41, 5.74) is 0.354.